The lowest BCUT2D eigenvalue weighted by Gasteiger charge is -2.08. The molecule has 0 spiro atoms. The molecule has 0 aliphatic carbocycles. The van der Waals surface area contributed by atoms with Crippen LogP contribution in [0.4, 0.5) is 0 Å². The molecule has 2 rings (SSSR count). The van der Waals surface area contributed by atoms with Crippen LogP contribution < -0.4 is 10.5 Å². The summed E-state index contributed by atoms with van der Waals surface area (Å²) in [7, 11) is 1.58. The second kappa shape index (κ2) is 5.12. The molecule has 1 aromatic heterocycles. The Balaban J connectivity index is 2.49. The summed E-state index contributed by atoms with van der Waals surface area (Å²) in [4.78, 5) is 8.46. The Bertz CT molecular complexity index is 531. The Morgan fingerprint density at radius 1 is 1.29 bits per heavy atom. The number of aromatic nitrogens is 2. The molecule has 2 aromatic rings. The quantitative estimate of drug-likeness (QED) is 0.907. The maximum atomic E-state index is 6.07. The zero-order chi connectivity index (χ0) is 12.3. The monoisotopic (exact) mass is 249 g/mol. The maximum Gasteiger partial charge on any atom is 0.137 e. The van der Waals surface area contributed by atoms with Crippen LogP contribution in [0.15, 0.2) is 30.6 Å². The molecular formula is C12H12ClN3O. The Labute approximate surface area is 104 Å². The highest BCUT2D eigenvalue weighted by atomic mass is 35.5. The van der Waals surface area contributed by atoms with Gasteiger partial charge in [-0.1, -0.05) is 11.6 Å². The predicted molar refractivity (Wildman–Crippen MR) is 66.9 cm³/mol. The van der Waals surface area contributed by atoms with E-state index in [0.29, 0.717) is 17.3 Å². The van der Waals surface area contributed by atoms with E-state index in [-0.39, 0.29) is 0 Å². The summed E-state index contributed by atoms with van der Waals surface area (Å²) in [6.07, 6.45) is 3.25. The van der Waals surface area contributed by atoms with Crippen molar-refractivity contribution in [1.82, 2.24) is 9.97 Å². The summed E-state index contributed by atoms with van der Waals surface area (Å²) in [5.74, 6) is 0.633. The number of ether oxygens (including phenoxy) is 1. The highest BCUT2D eigenvalue weighted by molar-refractivity contribution is 6.32. The van der Waals surface area contributed by atoms with Crippen molar-refractivity contribution in [3.05, 3.63) is 41.3 Å². The van der Waals surface area contributed by atoms with Crippen molar-refractivity contribution in [3.8, 4) is 17.0 Å². The van der Waals surface area contributed by atoms with Gasteiger partial charge in [0.1, 0.15) is 5.75 Å². The van der Waals surface area contributed by atoms with Crippen molar-refractivity contribution in [2.75, 3.05) is 7.11 Å². The van der Waals surface area contributed by atoms with Crippen LogP contribution in [0.1, 0.15) is 5.69 Å². The normalized spacial score (nSPS) is 10.3. The fraction of sp³-hybridized carbons (Fsp3) is 0.167. The van der Waals surface area contributed by atoms with Crippen molar-refractivity contribution < 1.29 is 4.74 Å². The van der Waals surface area contributed by atoms with E-state index in [4.69, 9.17) is 22.1 Å². The molecule has 0 atom stereocenters. The first-order valence-corrected chi connectivity index (χ1v) is 5.48. The minimum Gasteiger partial charge on any atom is -0.495 e. The van der Waals surface area contributed by atoms with Crippen LogP contribution in [0.2, 0.25) is 5.02 Å². The van der Waals surface area contributed by atoms with Crippen molar-refractivity contribution in [2.45, 2.75) is 6.54 Å². The van der Waals surface area contributed by atoms with Crippen LogP contribution >= 0.6 is 11.6 Å². The minimum absolute atomic E-state index is 0.340. The first-order chi connectivity index (χ1) is 8.26. The first kappa shape index (κ1) is 11.8. The third-order valence-corrected chi connectivity index (χ3v) is 2.69. The second-order valence-electron chi connectivity index (χ2n) is 3.41. The zero-order valence-electron chi connectivity index (χ0n) is 9.35. The van der Waals surface area contributed by atoms with Gasteiger partial charge in [0.15, 0.2) is 0 Å². The summed E-state index contributed by atoms with van der Waals surface area (Å²) >= 11 is 6.07. The lowest BCUT2D eigenvalue weighted by Crippen LogP contribution is -2.03. The molecule has 0 saturated heterocycles. The number of rotatable bonds is 3. The third-order valence-electron chi connectivity index (χ3n) is 2.39. The Morgan fingerprint density at radius 3 is 2.71 bits per heavy atom. The van der Waals surface area contributed by atoms with Gasteiger partial charge in [0.05, 0.1) is 23.5 Å². The Hall–Kier alpha value is -1.65. The molecule has 1 aromatic carbocycles. The molecule has 0 fully saturated rings. The number of hydrogen-bond acceptors (Lipinski definition) is 4. The molecule has 17 heavy (non-hydrogen) atoms. The van der Waals surface area contributed by atoms with E-state index < -0.39 is 0 Å². The largest absolute Gasteiger partial charge is 0.495 e. The number of benzene rings is 1. The first-order valence-electron chi connectivity index (χ1n) is 5.10. The second-order valence-corrected chi connectivity index (χ2v) is 3.81. The van der Waals surface area contributed by atoms with Gasteiger partial charge in [0.25, 0.3) is 0 Å². The molecule has 88 valence electrons. The molecule has 0 aliphatic rings. The SMILES string of the molecule is COc1ccc(-c2nccnc2CN)cc1Cl. The minimum atomic E-state index is 0.340. The van der Waals surface area contributed by atoms with E-state index in [1.807, 2.05) is 6.07 Å². The maximum absolute atomic E-state index is 6.07. The van der Waals surface area contributed by atoms with Gasteiger partial charge in [0.2, 0.25) is 0 Å². The van der Waals surface area contributed by atoms with Gasteiger partial charge in [-0.2, -0.15) is 0 Å². The molecule has 4 nitrogen and oxygen atoms in total. The van der Waals surface area contributed by atoms with E-state index in [1.165, 1.54) is 0 Å². The average Bonchev–Trinajstić information content (AvgIpc) is 2.38. The fourth-order valence-electron chi connectivity index (χ4n) is 1.57. The summed E-state index contributed by atoms with van der Waals surface area (Å²) < 4.78 is 5.10. The van der Waals surface area contributed by atoms with Crippen LogP contribution in [0, 0.1) is 0 Å². The summed E-state index contributed by atoms with van der Waals surface area (Å²) in [6.45, 7) is 0.340. The van der Waals surface area contributed by atoms with Crippen LogP contribution in [0.5, 0.6) is 5.75 Å². The van der Waals surface area contributed by atoms with Crippen LogP contribution in [0.25, 0.3) is 11.3 Å². The lowest BCUT2D eigenvalue weighted by molar-refractivity contribution is 0.415. The molecule has 0 unspecified atom stereocenters. The average molecular weight is 250 g/mol. The molecule has 1 heterocycles. The molecule has 5 heteroatoms. The van der Waals surface area contributed by atoms with Gasteiger partial charge in [-0.3, -0.25) is 9.97 Å². The van der Waals surface area contributed by atoms with Crippen LogP contribution in [0.3, 0.4) is 0 Å². The van der Waals surface area contributed by atoms with Gasteiger partial charge >= 0.3 is 0 Å². The van der Waals surface area contributed by atoms with E-state index in [0.717, 1.165) is 17.0 Å². The number of halogens is 1. The number of nitrogens with zero attached hydrogens (tertiary/aromatic N) is 2. The molecule has 0 aliphatic heterocycles. The van der Waals surface area contributed by atoms with E-state index in [1.54, 1.807) is 31.6 Å². The highest BCUT2D eigenvalue weighted by Gasteiger charge is 2.09. The van der Waals surface area contributed by atoms with Crippen molar-refractivity contribution in [1.29, 1.82) is 0 Å². The van der Waals surface area contributed by atoms with Gasteiger partial charge in [-0.25, -0.2) is 0 Å². The van der Waals surface area contributed by atoms with E-state index in [9.17, 15) is 0 Å². The zero-order valence-corrected chi connectivity index (χ0v) is 10.1. The van der Waals surface area contributed by atoms with Gasteiger partial charge in [0, 0.05) is 24.5 Å². The van der Waals surface area contributed by atoms with Gasteiger partial charge in [-0.05, 0) is 18.2 Å². The summed E-state index contributed by atoms with van der Waals surface area (Å²) in [5.41, 5.74) is 7.99. The van der Waals surface area contributed by atoms with Crippen LogP contribution in [-0.2, 0) is 6.54 Å². The molecule has 0 radical (unpaired) electrons. The molecule has 0 amide bonds. The Morgan fingerprint density at radius 2 is 2.06 bits per heavy atom. The summed E-state index contributed by atoms with van der Waals surface area (Å²) in [6, 6.07) is 5.48. The molecular weight excluding hydrogens is 238 g/mol. The fourth-order valence-corrected chi connectivity index (χ4v) is 1.83. The van der Waals surface area contributed by atoms with Gasteiger partial charge in [-0.15, -0.1) is 0 Å². The van der Waals surface area contributed by atoms with Crippen LogP contribution in [-0.4, -0.2) is 17.1 Å². The third kappa shape index (κ3) is 2.38. The van der Waals surface area contributed by atoms with Crippen molar-refractivity contribution in [3.63, 3.8) is 0 Å². The smallest absolute Gasteiger partial charge is 0.137 e. The Kier molecular flexibility index (Phi) is 3.56. The van der Waals surface area contributed by atoms with E-state index in [2.05, 4.69) is 9.97 Å². The topological polar surface area (TPSA) is 61.0 Å². The van der Waals surface area contributed by atoms with Crippen molar-refractivity contribution in [2.24, 2.45) is 5.73 Å². The standard InChI is InChI=1S/C12H12ClN3O/c1-17-11-3-2-8(6-9(11)13)12-10(7-14)15-4-5-16-12/h2-6H,7,14H2,1H3. The molecule has 0 saturated carbocycles. The molecule has 2 N–H and O–H groups in total. The predicted octanol–water partition coefficient (Wildman–Crippen LogP) is 2.26. The van der Waals surface area contributed by atoms with Crippen molar-refractivity contribution >= 4 is 11.6 Å². The van der Waals surface area contributed by atoms with E-state index >= 15 is 0 Å². The highest BCUT2D eigenvalue weighted by Crippen LogP contribution is 2.30. The summed E-state index contributed by atoms with van der Waals surface area (Å²) in [5, 5.41) is 0.540. The van der Waals surface area contributed by atoms with Gasteiger partial charge < -0.3 is 10.5 Å². The lowest BCUT2D eigenvalue weighted by atomic mass is 10.1. The number of methoxy groups -OCH3 is 1. The number of nitrogens with two attached hydrogens (primary N) is 1. The molecule has 0 bridgehead atoms. The number of hydrogen-bond donors (Lipinski definition) is 1.